The summed E-state index contributed by atoms with van der Waals surface area (Å²) in [7, 11) is -1.55. The van der Waals surface area contributed by atoms with Gasteiger partial charge in [0.1, 0.15) is 17.3 Å². The fourth-order valence-electron chi connectivity index (χ4n) is 2.60. The van der Waals surface area contributed by atoms with Crippen LogP contribution in [0.3, 0.4) is 0 Å². The van der Waals surface area contributed by atoms with Crippen LogP contribution in [0.15, 0.2) is 76.2 Å². The zero-order valence-corrected chi connectivity index (χ0v) is 17.1. The number of carbonyl (C=O) groups excluding carboxylic acids is 1. The normalized spacial score (nSPS) is 12.2. The first kappa shape index (κ1) is 20.5. The summed E-state index contributed by atoms with van der Waals surface area (Å²) in [5.74, 6) is 1.78. The van der Waals surface area contributed by atoms with Gasteiger partial charge in [-0.15, -0.1) is 0 Å². The highest BCUT2D eigenvalue weighted by Gasteiger charge is 2.19. The highest BCUT2D eigenvalue weighted by atomic mass is 32.2. The van der Waals surface area contributed by atoms with Crippen molar-refractivity contribution in [1.29, 1.82) is 0 Å². The van der Waals surface area contributed by atoms with Crippen LogP contribution in [0.2, 0.25) is 0 Å². The molecule has 1 unspecified atom stereocenters. The minimum atomic E-state index is -3.24. The molecule has 29 heavy (non-hydrogen) atoms. The maximum Gasteiger partial charge on any atom is 0.322 e. The summed E-state index contributed by atoms with van der Waals surface area (Å²) >= 11 is 0. The molecule has 0 bridgehead atoms. The number of hydrogen-bond acceptors (Lipinski definition) is 5. The van der Waals surface area contributed by atoms with Gasteiger partial charge in [-0.25, -0.2) is 13.2 Å². The average Bonchev–Trinajstić information content (AvgIpc) is 3.23. The highest BCUT2D eigenvalue weighted by molar-refractivity contribution is 7.90. The van der Waals surface area contributed by atoms with Crippen molar-refractivity contribution in [2.24, 2.45) is 0 Å². The Balaban J connectivity index is 1.60. The average molecular weight is 414 g/mol. The summed E-state index contributed by atoms with van der Waals surface area (Å²) < 4.78 is 34.1. The number of sulfone groups is 1. The smallest absolute Gasteiger partial charge is 0.322 e. The highest BCUT2D eigenvalue weighted by Crippen LogP contribution is 2.25. The number of benzene rings is 2. The first-order chi connectivity index (χ1) is 13.7. The van der Waals surface area contributed by atoms with Crippen molar-refractivity contribution in [1.82, 2.24) is 4.90 Å². The molecule has 0 aliphatic carbocycles. The summed E-state index contributed by atoms with van der Waals surface area (Å²) in [4.78, 5) is 14.2. The second-order valence-corrected chi connectivity index (χ2v) is 8.62. The molecule has 8 heteroatoms. The van der Waals surface area contributed by atoms with Gasteiger partial charge >= 0.3 is 6.03 Å². The van der Waals surface area contributed by atoms with E-state index in [0.29, 0.717) is 22.9 Å². The van der Waals surface area contributed by atoms with Crippen LogP contribution in [0.5, 0.6) is 11.5 Å². The monoisotopic (exact) mass is 414 g/mol. The van der Waals surface area contributed by atoms with Crippen LogP contribution < -0.4 is 10.1 Å². The van der Waals surface area contributed by atoms with Crippen molar-refractivity contribution in [3.63, 3.8) is 0 Å². The number of carbonyl (C=O) groups is 1. The number of urea groups is 1. The Morgan fingerprint density at radius 1 is 1.03 bits per heavy atom. The molecule has 1 atom stereocenters. The molecule has 2 aromatic carbocycles. The summed E-state index contributed by atoms with van der Waals surface area (Å²) in [6.07, 6.45) is 2.73. The molecular weight excluding hydrogens is 392 g/mol. The second-order valence-electron chi connectivity index (χ2n) is 6.60. The molecule has 0 saturated heterocycles. The standard InChI is InChI=1S/C21H22N2O5S/c1-15(20-5-4-14-27-20)23(2)21(24)22-16-6-8-17(9-7-16)28-18-10-12-19(13-11-18)29(3,25)26/h4-15H,1-3H3,(H,22,24). The van der Waals surface area contributed by atoms with Gasteiger partial charge in [-0.05, 0) is 67.6 Å². The molecule has 0 saturated carbocycles. The summed E-state index contributed by atoms with van der Waals surface area (Å²) in [6, 6.07) is 16.2. The van der Waals surface area contributed by atoms with Gasteiger partial charge in [-0.3, -0.25) is 0 Å². The molecule has 152 valence electrons. The van der Waals surface area contributed by atoms with Gasteiger partial charge in [0.2, 0.25) is 0 Å². The van der Waals surface area contributed by atoms with E-state index in [-0.39, 0.29) is 17.0 Å². The van der Waals surface area contributed by atoms with E-state index in [1.165, 1.54) is 12.1 Å². The third-order valence-electron chi connectivity index (χ3n) is 4.45. The second kappa shape index (κ2) is 8.40. The number of anilines is 1. The van der Waals surface area contributed by atoms with Crippen molar-refractivity contribution in [3.8, 4) is 11.5 Å². The van der Waals surface area contributed by atoms with E-state index in [1.807, 2.05) is 13.0 Å². The molecule has 3 aromatic rings. The molecule has 0 aliphatic rings. The number of ether oxygens (including phenoxy) is 1. The van der Waals surface area contributed by atoms with E-state index in [0.717, 1.165) is 6.26 Å². The topological polar surface area (TPSA) is 88.8 Å². The van der Waals surface area contributed by atoms with E-state index in [2.05, 4.69) is 5.32 Å². The molecule has 0 radical (unpaired) electrons. The van der Waals surface area contributed by atoms with Crippen molar-refractivity contribution in [2.45, 2.75) is 17.9 Å². The zero-order valence-electron chi connectivity index (χ0n) is 16.3. The van der Waals surface area contributed by atoms with Crippen LogP contribution in [-0.2, 0) is 9.84 Å². The van der Waals surface area contributed by atoms with Crippen LogP contribution in [0, 0.1) is 0 Å². The Morgan fingerprint density at radius 3 is 2.14 bits per heavy atom. The maximum atomic E-state index is 12.4. The molecule has 2 amide bonds. The lowest BCUT2D eigenvalue weighted by Gasteiger charge is -2.23. The van der Waals surface area contributed by atoms with Gasteiger partial charge in [0.05, 0.1) is 17.2 Å². The molecule has 0 aliphatic heterocycles. The van der Waals surface area contributed by atoms with Crippen molar-refractivity contribution < 1.29 is 22.4 Å². The fourth-order valence-corrected chi connectivity index (χ4v) is 3.24. The number of furan rings is 1. The number of hydrogen-bond donors (Lipinski definition) is 1. The molecule has 1 N–H and O–H groups in total. The van der Waals surface area contributed by atoms with Gasteiger partial charge in [0.25, 0.3) is 0 Å². The molecule has 7 nitrogen and oxygen atoms in total. The minimum absolute atomic E-state index is 0.206. The van der Waals surface area contributed by atoms with Crippen molar-refractivity contribution >= 4 is 21.6 Å². The van der Waals surface area contributed by atoms with Crippen molar-refractivity contribution in [3.05, 3.63) is 72.7 Å². The third kappa shape index (κ3) is 5.17. The van der Waals surface area contributed by atoms with Crippen LogP contribution in [0.25, 0.3) is 0 Å². The quantitative estimate of drug-likeness (QED) is 0.631. The largest absolute Gasteiger partial charge is 0.467 e. The SMILES string of the molecule is CC(c1ccco1)N(C)C(=O)Nc1ccc(Oc2ccc(S(C)(=O)=O)cc2)cc1. The lowest BCUT2D eigenvalue weighted by molar-refractivity contribution is 0.201. The van der Waals surface area contributed by atoms with Crippen molar-refractivity contribution in [2.75, 3.05) is 18.6 Å². The van der Waals surface area contributed by atoms with E-state index in [1.54, 1.807) is 60.7 Å². The Kier molecular flexibility index (Phi) is 5.93. The Hall–Kier alpha value is -3.26. The minimum Gasteiger partial charge on any atom is -0.467 e. The maximum absolute atomic E-state index is 12.4. The first-order valence-electron chi connectivity index (χ1n) is 8.89. The summed E-state index contributed by atoms with van der Waals surface area (Å²) in [6.45, 7) is 1.88. The van der Waals surface area contributed by atoms with E-state index in [9.17, 15) is 13.2 Å². The van der Waals surface area contributed by atoms with Gasteiger partial charge in [0, 0.05) is 19.0 Å². The third-order valence-corrected chi connectivity index (χ3v) is 5.58. The molecular formula is C21H22N2O5S. The van der Waals surface area contributed by atoms with E-state index >= 15 is 0 Å². The first-order valence-corrected chi connectivity index (χ1v) is 10.8. The van der Waals surface area contributed by atoms with Gasteiger partial charge in [0.15, 0.2) is 9.84 Å². The summed E-state index contributed by atoms with van der Waals surface area (Å²) in [5.41, 5.74) is 0.619. The van der Waals surface area contributed by atoms with Gasteiger partial charge in [-0.1, -0.05) is 0 Å². The molecule has 0 spiro atoms. The molecule has 3 rings (SSSR count). The van der Waals surface area contributed by atoms with Gasteiger partial charge in [-0.2, -0.15) is 0 Å². The Bertz CT molecular complexity index is 1060. The van der Waals surface area contributed by atoms with Crippen LogP contribution in [-0.4, -0.2) is 32.7 Å². The van der Waals surface area contributed by atoms with E-state index in [4.69, 9.17) is 9.15 Å². The predicted molar refractivity (Wildman–Crippen MR) is 110 cm³/mol. The summed E-state index contributed by atoms with van der Waals surface area (Å²) in [5, 5.41) is 2.82. The Labute approximate surface area is 169 Å². The van der Waals surface area contributed by atoms with Gasteiger partial charge < -0.3 is 19.4 Å². The van der Waals surface area contributed by atoms with Crippen LogP contribution in [0.1, 0.15) is 18.7 Å². The Morgan fingerprint density at radius 2 is 1.62 bits per heavy atom. The number of nitrogens with zero attached hydrogens (tertiary/aromatic N) is 1. The number of amides is 2. The van der Waals surface area contributed by atoms with Crippen LogP contribution >= 0.6 is 0 Å². The number of rotatable bonds is 6. The zero-order chi connectivity index (χ0) is 21.0. The molecule has 1 aromatic heterocycles. The number of nitrogens with one attached hydrogen (secondary N) is 1. The lowest BCUT2D eigenvalue weighted by Crippen LogP contribution is -2.33. The molecule has 0 fully saturated rings. The fraction of sp³-hybridized carbons (Fsp3) is 0.190. The lowest BCUT2D eigenvalue weighted by atomic mass is 10.2. The van der Waals surface area contributed by atoms with E-state index < -0.39 is 9.84 Å². The predicted octanol–water partition coefficient (Wildman–Crippen LogP) is 4.70. The van der Waals surface area contributed by atoms with Crippen LogP contribution in [0.4, 0.5) is 10.5 Å². The molecule has 1 heterocycles.